The number of aliphatic carboxylic acids is 1. The molecule has 16 heavy (non-hydrogen) atoms. The maximum Gasteiger partial charge on any atom is 0.0668 e. The highest BCUT2D eigenvalue weighted by atomic mass is 16.4. The summed E-state index contributed by atoms with van der Waals surface area (Å²) in [4.78, 5) is 10.7. The molecule has 0 N–H and O–H groups in total. The van der Waals surface area contributed by atoms with Crippen molar-refractivity contribution in [1.82, 2.24) is 0 Å². The fourth-order valence-corrected chi connectivity index (χ4v) is 2.43. The van der Waals surface area contributed by atoms with Crippen LogP contribution in [0.3, 0.4) is 0 Å². The Hall–Kier alpha value is -0.790. The molecule has 0 spiro atoms. The second kappa shape index (κ2) is 7.48. The Morgan fingerprint density at radius 1 is 1.00 bits per heavy atom. The molecule has 1 aliphatic carbocycles. The van der Waals surface area contributed by atoms with Crippen LogP contribution in [-0.2, 0) is 4.79 Å². The van der Waals surface area contributed by atoms with E-state index in [1.807, 2.05) is 6.08 Å². The van der Waals surface area contributed by atoms with E-state index in [0.29, 0.717) is 11.5 Å². The zero-order chi connectivity index (χ0) is 11.8. The van der Waals surface area contributed by atoms with Crippen LogP contribution in [0.2, 0.25) is 0 Å². The largest absolute Gasteiger partial charge is 0.545 e. The second-order valence-electron chi connectivity index (χ2n) is 4.95. The maximum absolute atomic E-state index is 10.7. The summed E-state index contributed by atoms with van der Waals surface area (Å²) >= 11 is 0. The van der Waals surface area contributed by atoms with Gasteiger partial charge in [-0.15, -0.1) is 0 Å². The molecule has 0 saturated heterocycles. The van der Waals surface area contributed by atoms with Crippen molar-refractivity contribution in [3.8, 4) is 0 Å². The van der Waals surface area contributed by atoms with Gasteiger partial charge in [-0.3, -0.25) is 0 Å². The zero-order valence-corrected chi connectivity index (χ0v) is 10.3. The smallest absolute Gasteiger partial charge is 0.0668 e. The summed E-state index contributed by atoms with van der Waals surface area (Å²) < 4.78 is 0. The molecular weight excluding hydrogens is 200 g/mol. The normalized spacial score (nSPS) is 21.7. The first-order chi connectivity index (χ1) is 7.70. The molecule has 0 aromatic carbocycles. The summed E-state index contributed by atoms with van der Waals surface area (Å²) in [6, 6.07) is 0. The van der Waals surface area contributed by atoms with Crippen LogP contribution in [-0.4, -0.2) is 5.97 Å². The Bertz CT molecular complexity index is 233. The molecule has 1 fully saturated rings. The highest BCUT2D eigenvalue weighted by molar-refractivity contribution is 5.83. The summed E-state index contributed by atoms with van der Waals surface area (Å²) in [6.07, 6.45) is 13.3. The summed E-state index contributed by atoms with van der Waals surface area (Å²) in [5.41, 5.74) is 0.405. The van der Waals surface area contributed by atoms with Crippen LogP contribution in [0.15, 0.2) is 11.6 Å². The minimum atomic E-state index is -1.02. The van der Waals surface area contributed by atoms with Crippen LogP contribution in [0.4, 0.5) is 0 Å². The van der Waals surface area contributed by atoms with Crippen LogP contribution in [0.25, 0.3) is 0 Å². The molecule has 1 aliphatic rings. The van der Waals surface area contributed by atoms with Crippen molar-refractivity contribution in [3.05, 3.63) is 11.6 Å². The van der Waals surface area contributed by atoms with E-state index in [-0.39, 0.29) is 0 Å². The summed E-state index contributed by atoms with van der Waals surface area (Å²) in [7, 11) is 0. The molecule has 0 aromatic heterocycles. The molecule has 0 aliphatic heterocycles. The van der Waals surface area contributed by atoms with Gasteiger partial charge in [0.1, 0.15) is 0 Å². The van der Waals surface area contributed by atoms with Crippen molar-refractivity contribution in [3.63, 3.8) is 0 Å². The van der Waals surface area contributed by atoms with Gasteiger partial charge in [-0.1, -0.05) is 51.0 Å². The highest BCUT2D eigenvalue weighted by Gasteiger charge is 2.08. The molecule has 1 saturated carbocycles. The number of rotatable bonds is 2. The number of carboxylic acids is 1. The van der Waals surface area contributed by atoms with Crippen molar-refractivity contribution in [2.24, 2.45) is 5.92 Å². The first kappa shape index (κ1) is 13.3. The molecule has 0 unspecified atom stereocenters. The first-order valence-electron chi connectivity index (χ1n) is 6.60. The molecule has 0 bridgehead atoms. The van der Waals surface area contributed by atoms with Gasteiger partial charge in [0.25, 0.3) is 0 Å². The lowest BCUT2D eigenvalue weighted by Crippen LogP contribution is -2.23. The SMILES string of the molecule is C/C(=C\C1CCCCCCCCC1)C(=O)[O-]. The van der Waals surface area contributed by atoms with E-state index in [1.165, 1.54) is 44.9 Å². The monoisotopic (exact) mass is 223 g/mol. The van der Waals surface area contributed by atoms with Crippen molar-refractivity contribution in [2.75, 3.05) is 0 Å². The molecular formula is C14H23O2-. The lowest BCUT2D eigenvalue weighted by Gasteiger charge is -2.16. The van der Waals surface area contributed by atoms with E-state index in [4.69, 9.17) is 0 Å². The van der Waals surface area contributed by atoms with E-state index < -0.39 is 5.97 Å². The minimum Gasteiger partial charge on any atom is -0.545 e. The van der Waals surface area contributed by atoms with E-state index in [0.717, 1.165) is 12.8 Å². The molecule has 2 nitrogen and oxygen atoms in total. The molecule has 92 valence electrons. The molecule has 0 radical (unpaired) electrons. The Morgan fingerprint density at radius 3 is 1.88 bits per heavy atom. The number of carbonyl (C=O) groups excluding carboxylic acids is 1. The molecule has 1 rings (SSSR count). The Morgan fingerprint density at radius 2 is 1.44 bits per heavy atom. The molecule has 0 heterocycles. The lowest BCUT2D eigenvalue weighted by molar-refractivity contribution is -0.299. The van der Waals surface area contributed by atoms with E-state index in [9.17, 15) is 9.90 Å². The van der Waals surface area contributed by atoms with Gasteiger partial charge in [-0.25, -0.2) is 0 Å². The van der Waals surface area contributed by atoms with Gasteiger partial charge in [0.15, 0.2) is 0 Å². The van der Waals surface area contributed by atoms with Crippen LogP contribution >= 0.6 is 0 Å². The molecule has 0 aromatic rings. The van der Waals surface area contributed by atoms with Crippen LogP contribution in [0.5, 0.6) is 0 Å². The third-order valence-electron chi connectivity index (χ3n) is 3.46. The molecule has 0 atom stereocenters. The van der Waals surface area contributed by atoms with Gasteiger partial charge in [-0.05, 0) is 31.3 Å². The van der Waals surface area contributed by atoms with Gasteiger partial charge in [-0.2, -0.15) is 0 Å². The van der Waals surface area contributed by atoms with Gasteiger partial charge in [0.05, 0.1) is 5.97 Å². The van der Waals surface area contributed by atoms with Crippen molar-refractivity contribution >= 4 is 5.97 Å². The Balaban J connectivity index is 2.47. The van der Waals surface area contributed by atoms with E-state index in [1.54, 1.807) is 6.92 Å². The number of allylic oxidation sites excluding steroid dienone is 1. The van der Waals surface area contributed by atoms with E-state index >= 15 is 0 Å². The second-order valence-corrected chi connectivity index (χ2v) is 4.95. The van der Waals surface area contributed by atoms with Crippen molar-refractivity contribution in [1.29, 1.82) is 0 Å². The molecule has 0 amide bonds. The fourth-order valence-electron chi connectivity index (χ4n) is 2.43. The number of hydrogen-bond donors (Lipinski definition) is 0. The maximum atomic E-state index is 10.7. The topological polar surface area (TPSA) is 40.1 Å². The van der Waals surface area contributed by atoms with Gasteiger partial charge in [0.2, 0.25) is 0 Å². The standard InChI is InChI=1S/C14H24O2/c1-12(14(15)16)11-13-9-7-5-3-2-4-6-8-10-13/h11,13H,2-10H2,1H3,(H,15,16)/p-1/b12-11+. The van der Waals surface area contributed by atoms with Crippen LogP contribution < -0.4 is 5.11 Å². The lowest BCUT2D eigenvalue weighted by atomic mass is 9.91. The highest BCUT2D eigenvalue weighted by Crippen LogP contribution is 2.23. The summed E-state index contributed by atoms with van der Waals surface area (Å²) in [5, 5.41) is 10.7. The van der Waals surface area contributed by atoms with Crippen molar-refractivity contribution < 1.29 is 9.90 Å². The predicted molar refractivity (Wildman–Crippen MR) is 63.8 cm³/mol. The number of carbonyl (C=O) groups is 1. The van der Waals surface area contributed by atoms with Gasteiger partial charge < -0.3 is 9.90 Å². The fraction of sp³-hybridized carbons (Fsp3) is 0.786. The van der Waals surface area contributed by atoms with Gasteiger partial charge in [0, 0.05) is 0 Å². The Kier molecular flexibility index (Phi) is 6.20. The first-order valence-corrected chi connectivity index (χ1v) is 6.60. The average molecular weight is 223 g/mol. The minimum absolute atomic E-state index is 0.405. The zero-order valence-electron chi connectivity index (χ0n) is 10.3. The number of hydrogen-bond acceptors (Lipinski definition) is 2. The average Bonchev–Trinajstić information content (AvgIpc) is 2.27. The van der Waals surface area contributed by atoms with Crippen LogP contribution in [0.1, 0.15) is 64.7 Å². The quantitative estimate of drug-likeness (QED) is 0.675. The van der Waals surface area contributed by atoms with Crippen molar-refractivity contribution in [2.45, 2.75) is 64.7 Å². The summed E-state index contributed by atoms with van der Waals surface area (Å²) in [6.45, 7) is 1.65. The third-order valence-corrected chi connectivity index (χ3v) is 3.46. The summed E-state index contributed by atoms with van der Waals surface area (Å²) in [5.74, 6) is -0.562. The third kappa shape index (κ3) is 5.34. The number of carboxylic acid groups (broad SMARTS) is 1. The predicted octanol–water partition coefficient (Wildman–Crippen LogP) is 2.82. The molecule has 2 heteroatoms. The van der Waals surface area contributed by atoms with Crippen LogP contribution in [0, 0.1) is 5.92 Å². The van der Waals surface area contributed by atoms with E-state index in [2.05, 4.69) is 0 Å². The Labute approximate surface area is 98.7 Å². The van der Waals surface area contributed by atoms with Gasteiger partial charge >= 0.3 is 0 Å².